The highest BCUT2D eigenvalue weighted by atomic mass is 16.3. The van der Waals surface area contributed by atoms with Crippen molar-refractivity contribution >= 4 is 5.91 Å². The number of unbranched alkanes of at least 4 members (excludes halogenated alkanes) is 28. The van der Waals surface area contributed by atoms with Crippen LogP contribution in [0.3, 0.4) is 0 Å². The number of rotatable bonds is 41. The summed E-state index contributed by atoms with van der Waals surface area (Å²) < 4.78 is 0. The Bertz CT molecular complexity index is 831. The van der Waals surface area contributed by atoms with Crippen molar-refractivity contribution < 1.29 is 15.0 Å². The topological polar surface area (TPSA) is 69.6 Å². The quantitative estimate of drug-likeness (QED) is 0.0434. The zero-order valence-electron chi connectivity index (χ0n) is 34.8. The van der Waals surface area contributed by atoms with Crippen molar-refractivity contribution in [2.75, 3.05) is 6.61 Å². The lowest BCUT2D eigenvalue weighted by atomic mass is 10.0. The maximum absolute atomic E-state index is 12.4. The number of carbonyl (C=O) groups excluding carboxylic acids is 1. The van der Waals surface area contributed by atoms with Crippen LogP contribution < -0.4 is 5.32 Å². The number of amides is 1. The summed E-state index contributed by atoms with van der Waals surface area (Å²) in [5, 5.41) is 22.9. The van der Waals surface area contributed by atoms with Gasteiger partial charge >= 0.3 is 0 Å². The molecule has 0 heterocycles. The van der Waals surface area contributed by atoms with Crippen LogP contribution in [0.5, 0.6) is 0 Å². The molecular weight excluding hydrogens is 639 g/mol. The Kier molecular flexibility index (Phi) is 42.4. The van der Waals surface area contributed by atoms with E-state index in [1.165, 1.54) is 173 Å². The van der Waals surface area contributed by atoms with Gasteiger partial charge in [0.15, 0.2) is 0 Å². The molecule has 0 saturated carbocycles. The second-order valence-electron chi connectivity index (χ2n) is 15.4. The predicted octanol–water partition coefficient (Wildman–Crippen LogP) is 14.4. The summed E-state index contributed by atoms with van der Waals surface area (Å²) in [6.07, 6.45) is 59.5. The van der Waals surface area contributed by atoms with Gasteiger partial charge in [0.2, 0.25) is 5.91 Å². The van der Waals surface area contributed by atoms with E-state index in [4.69, 9.17) is 0 Å². The van der Waals surface area contributed by atoms with E-state index in [2.05, 4.69) is 55.6 Å². The van der Waals surface area contributed by atoms with E-state index < -0.39 is 12.1 Å². The van der Waals surface area contributed by atoms with E-state index in [0.29, 0.717) is 6.42 Å². The molecule has 1 amide bonds. The number of aliphatic hydroxyl groups excluding tert-OH is 2. The summed E-state index contributed by atoms with van der Waals surface area (Å²) in [4.78, 5) is 12.4. The Balaban J connectivity index is 3.51. The van der Waals surface area contributed by atoms with E-state index in [-0.39, 0.29) is 12.5 Å². The maximum Gasteiger partial charge on any atom is 0.220 e. The fourth-order valence-corrected chi connectivity index (χ4v) is 6.72. The fourth-order valence-electron chi connectivity index (χ4n) is 6.72. The molecule has 0 fully saturated rings. The van der Waals surface area contributed by atoms with Crippen LogP contribution in [0.25, 0.3) is 0 Å². The molecule has 0 radical (unpaired) electrons. The summed E-state index contributed by atoms with van der Waals surface area (Å²) in [5.74, 6) is -0.0796. The first-order valence-corrected chi connectivity index (χ1v) is 22.9. The van der Waals surface area contributed by atoms with Crippen molar-refractivity contribution in [3.8, 4) is 0 Å². The molecule has 0 saturated heterocycles. The molecule has 3 N–H and O–H groups in total. The summed E-state index contributed by atoms with van der Waals surface area (Å²) in [6.45, 7) is 4.25. The summed E-state index contributed by atoms with van der Waals surface area (Å²) in [5.41, 5.74) is 0. The van der Waals surface area contributed by atoms with E-state index in [0.717, 1.165) is 38.5 Å². The monoisotopic (exact) mass is 728 g/mol. The zero-order chi connectivity index (χ0) is 37.8. The van der Waals surface area contributed by atoms with Gasteiger partial charge in [-0.05, 0) is 64.2 Å². The fraction of sp³-hybridized carbons (Fsp3) is 0.812. The zero-order valence-corrected chi connectivity index (χ0v) is 34.8. The molecule has 0 aliphatic carbocycles. The third-order valence-electron chi connectivity index (χ3n) is 10.3. The van der Waals surface area contributed by atoms with Crippen molar-refractivity contribution in [1.82, 2.24) is 5.32 Å². The first-order valence-electron chi connectivity index (χ1n) is 22.9. The first-order chi connectivity index (χ1) is 25.7. The lowest BCUT2D eigenvalue weighted by Gasteiger charge is -2.19. The molecule has 0 rings (SSSR count). The molecule has 52 heavy (non-hydrogen) atoms. The molecule has 0 aromatic rings. The Morgan fingerprint density at radius 1 is 0.442 bits per heavy atom. The van der Waals surface area contributed by atoms with Crippen LogP contribution in [0.15, 0.2) is 48.6 Å². The highest BCUT2D eigenvalue weighted by Gasteiger charge is 2.17. The van der Waals surface area contributed by atoms with E-state index >= 15 is 0 Å². The third-order valence-corrected chi connectivity index (χ3v) is 10.3. The molecule has 4 nitrogen and oxygen atoms in total. The maximum atomic E-state index is 12.4. The average Bonchev–Trinajstić information content (AvgIpc) is 3.15. The normalized spacial score (nSPS) is 13.4. The molecule has 0 aliphatic rings. The largest absolute Gasteiger partial charge is 0.394 e. The van der Waals surface area contributed by atoms with Crippen molar-refractivity contribution in [3.63, 3.8) is 0 Å². The van der Waals surface area contributed by atoms with Crippen LogP contribution in [0.1, 0.15) is 232 Å². The van der Waals surface area contributed by atoms with Crippen molar-refractivity contribution in [1.29, 1.82) is 0 Å². The average molecular weight is 728 g/mol. The van der Waals surface area contributed by atoms with Crippen LogP contribution in [-0.2, 0) is 4.79 Å². The molecule has 0 aromatic heterocycles. The molecule has 0 aromatic carbocycles. The van der Waals surface area contributed by atoms with Crippen molar-refractivity contribution in [2.24, 2.45) is 0 Å². The minimum absolute atomic E-state index is 0.0796. The van der Waals surface area contributed by atoms with Crippen LogP contribution >= 0.6 is 0 Å². The van der Waals surface area contributed by atoms with Gasteiger partial charge in [0.1, 0.15) is 0 Å². The SMILES string of the molecule is CCCC/C=C/CC/C=C/CC/C=C/C(O)C(CO)NC(=O)CCCCCCCCCCCCCC/C=C\CCCCCCCCCCCCCC. The van der Waals surface area contributed by atoms with Gasteiger partial charge in [0.05, 0.1) is 18.8 Å². The minimum Gasteiger partial charge on any atom is -0.394 e. The summed E-state index contributed by atoms with van der Waals surface area (Å²) in [7, 11) is 0. The first kappa shape index (κ1) is 50.4. The molecule has 2 atom stereocenters. The summed E-state index contributed by atoms with van der Waals surface area (Å²) >= 11 is 0. The van der Waals surface area contributed by atoms with Crippen LogP contribution in [0, 0.1) is 0 Å². The summed E-state index contributed by atoms with van der Waals surface area (Å²) in [6, 6.07) is -0.644. The van der Waals surface area contributed by atoms with Crippen molar-refractivity contribution in [3.05, 3.63) is 48.6 Å². The smallest absolute Gasteiger partial charge is 0.220 e. The molecule has 0 aliphatic heterocycles. The lowest BCUT2D eigenvalue weighted by molar-refractivity contribution is -0.123. The van der Waals surface area contributed by atoms with Gasteiger partial charge < -0.3 is 15.5 Å². The second-order valence-corrected chi connectivity index (χ2v) is 15.4. The third kappa shape index (κ3) is 39.6. The Morgan fingerprint density at radius 2 is 0.769 bits per heavy atom. The predicted molar refractivity (Wildman–Crippen MR) is 230 cm³/mol. The van der Waals surface area contributed by atoms with Crippen LogP contribution in [0.4, 0.5) is 0 Å². The van der Waals surface area contributed by atoms with Gasteiger partial charge in [-0.3, -0.25) is 4.79 Å². The Hall–Kier alpha value is -1.65. The molecular formula is C48H89NO3. The molecule has 0 spiro atoms. The number of allylic oxidation sites excluding steroid dienone is 7. The van der Waals surface area contributed by atoms with Gasteiger partial charge in [-0.1, -0.05) is 210 Å². The number of hydrogen-bond donors (Lipinski definition) is 3. The number of hydrogen-bond acceptors (Lipinski definition) is 3. The Morgan fingerprint density at radius 3 is 1.17 bits per heavy atom. The number of aliphatic hydroxyl groups is 2. The van der Waals surface area contributed by atoms with Crippen LogP contribution in [0.2, 0.25) is 0 Å². The van der Waals surface area contributed by atoms with Crippen molar-refractivity contribution in [2.45, 2.75) is 244 Å². The van der Waals surface area contributed by atoms with Gasteiger partial charge in [0, 0.05) is 6.42 Å². The molecule has 0 bridgehead atoms. The van der Waals surface area contributed by atoms with Gasteiger partial charge in [0.25, 0.3) is 0 Å². The van der Waals surface area contributed by atoms with Gasteiger partial charge in [-0.25, -0.2) is 0 Å². The minimum atomic E-state index is -0.869. The standard InChI is InChI=1S/C48H89NO3/c1-3-5-7-9-11-13-15-17-18-19-20-21-22-23-24-25-26-27-28-29-30-31-32-34-36-38-40-42-44-48(52)49-46(45-50)47(51)43-41-39-37-35-33-16-14-12-10-8-6-4-2/h10,12,23-24,33,35,41,43,46-47,50-51H,3-9,11,13-22,25-32,34,36-40,42,44-45H2,1-2H3,(H,49,52)/b12-10+,24-23-,35-33+,43-41+. The Labute approximate surface area is 324 Å². The number of nitrogens with one attached hydrogen (secondary N) is 1. The second kappa shape index (κ2) is 43.8. The highest BCUT2D eigenvalue weighted by Crippen LogP contribution is 2.15. The van der Waals surface area contributed by atoms with E-state index in [1.54, 1.807) is 6.08 Å². The highest BCUT2D eigenvalue weighted by molar-refractivity contribution is 5.76. The van der Waals surface area contributed by atoms with Gasteiger partial charge in [-0.2, -0.15) is 0 Å². The van der Waals surface area contributed by atoms with E-state index in [9.17, 15) is 15.0 Å². The van der Waals surface area contributed by atoms with E-state index in [1.807, 2.05) is 6.08 Å². The lowest BCUT2D eigenvalue weighted by Crippen LogP contribution is -2.45. The number of carbonyl (C=O) groups is 1. The molecule has 2 unspecified atom stereocenters. The molecule has 304 valence electrons. The molecule has 4 heteroatoms. The van der Waals surface area contributed by atoms with Gasteiger partial charge in [-0.15, -0.1) is 0 Å². The van der Waals surface area contributed by atoms with Crippen LogP contribution in [-0.4, -0.2) is 34.9 Å².